The van der Waals surface area contributed by atoms with E-state index in [1.165, 1.54) is 12.8 Å². The van der Waals surface area contributed by atoms with Gasteiger partial charge in [-0.1, -0.05) is 24.3 Å². The van der Waals surface area contributed by atoms with E-state index in [0.717, 1.165) is 17.7 Å². The number of hydrogen-bond acceptors (Lipinski definition) is 2. The van der Waals surface area contributed by atoms with Crippen molar-refractivity contribution >= 4 is 6.03 Å². The molecular formula is C15H20N2O2. The summed E-state index contributed by atoms with van der Waals surface area (Å²) in [6, 6.07) is 7.67. The van der Waals surface area contributed by atoms with Crippen LogP contribution in [0.3, 0.4) is 0 Å². The number of para-hydroxylation sites is 1. The zero-order valence-corrected chi connectivity index (χ0v) is 11.2. The highest BCUT2D eigenvalue weighted by atomic mass is 16.5. The lowest BCUT2D eigenvalue weighted by Gasteiger charge is -2.08. The fourth-order valence-corrected chi connectivity index (χ4v) is 1.82. The minimum atomic E-state index is -0.160. The van der Waals surface area contributed by atoms with E-state index in [2.05, 4.69) is 10.6 Å². The molecule has 0 heterocycles. The molecule has 0 aromatic heterocycles. The lowest BCUT2D eigenvalue weighted by Crippen LogP contribution is -2.33. The van der Waals surface area contributed by atoms with Crippen LogP contribution < -0.4 is 15.4 Å². The Labute approximate surface area is 113 Å². The molecule has 4 nitrogen and oxygen atoms in total. The summed E-state index contributed by atoms with van der Waals surface area (Å²) in [5.74, 6) is 1.53. The Balaban J connectivity index is 1.68. The summed E-state index contributed by atoms with van der Waals surface area (Å²) in [7, 11) is 1.65. The molecule has 0 aliphatic heterocycles. The van der Waals surface area contributed by atoms with E-state index in [-0.39, 0.29) is 6.03 Å². The summed E-state index contributed by atoms with van der Waals surface area (Å²) in [6.45, 7) is 0.587. The molecule has 0 atom stereocenters. The number of ether oxygens (including phenoxy) is 1. The first-order valence-corrected chi connectivity index (χ1v) is 6.62. The van der Waals surface area contributed by atoms with Crippen molar-refractivity contribution in [2.45, 2.75) is 19.3 Å². The first kappa shape index (κ1) is 13.5. The molecule has 1 aliphatic carbocycles. The van der Waals surface area contributed by atoms with Crippen molar-refractivity contribution in [2.75, 3.05) is 13.7 Å². The van der Waals surface area contributed by atoms with Crippen LogP contribution in [0.4, 0.5) is 4.79 Å². The van der Waals surface area contributed by atoms with Gasteiger partial charge in [-0.25, -0.2) is 4.79 Å². The van der Waals surface area contributed by atoms with Gasteiger partial charge in [0, 0.05) is 12.7 Å². The van der Waals surface area contributed by atoms with E-state index in [1.54, 1.807) is 13.3 Å². The number of benzene rings is 1. The highest BCUT2D eigenvalue weighted by Gasteiger charge is 2.16. The Morgan fingerprint density at radius 2 is 2.21 bits per heavy atom. The molecule has 0 bridgehead atoms. The number of rotatable bonds is 6. The van der Waals surface area contributed by atoms with Crippen LogP contribution in [0, 0.1) is 5.92 Å². The molecule has 1 fully saturated rings. The van der Waals surface area contributed by atoms with Gasteiger partial charge in [0.15, 0.2) is 0 Å². The molecule has 1 aromatic rings. The highest BCUT2D eigenvalue weighted by Crippen LogP contribution is 2.29. The summed E-state index contributed by atoms with van der Waals surface area (Å²) in [4.78, 5) is 11.5. The Bertz CT molecular complexity index is 453. The third kappa shape index (κ3) is 4.66. The van der Waals surface area contributed by atoms with Gasteiger partial charge in [-0.05, 0) is 36.8 Å². The van der Waals surface area contributed by atoms with E-state index in [1.807, 2.05) is 30.3 Å². The van der Waals surface area contributed by atoms with Gasteiger partial charge in [-0.2, -0.15) is 0 Å². The van der Waals surface area contributed by atoms with Gasteiger partial charge < -0.3 is 15.4 Å². The first-order valence-electron chi connectivity index (χ1n) is 6.62. The normalized spacial score (nSPS) is 14.4. The van der Waals surface area contributed by atoms with E-state index in [4.69, 9.17) is 4.74 Å². The van der Waals surface area contributed by atoms with Crippen LogP contribution in [0.2, 0.25) is 0 Å². The number of methoxy groups -OCH3 is 1. The van der Waals surface area contributed by atoms with Gasteiger partial charge in [0.05, 0.1) is 7.11 Å². The lowest BCUT2D eigenvalue weighted by molar-refractivity contribution is 0.244. The average molecular weight is 260 g/mol. The minimum Gasteiger partial charge on any atom is -0.496 e. The molecule has 102 valence electrons. The number of hydrogen-bond donors (Lipinski definition) is 2. The standard InChI is InChI=1S/C15H20N2O2/c1-19-14-5-3-2-4-13(14)9-11-17-15(18)16-10-8-12-6-7-12/h2-5,8,10,12H,6-7,9,11H2,1H3,(H2,16,17,18)/b10-8+. The number of carbonyl (C=O) groups excluding carboxylic acids is 1. The van der Waals surface area contributed by atoms with Crippen molar-refractivity contribution in [2.24, 2.45) is 5.92 Å². The van der Waals surface area contributed by atoms with Crippen molar-refractivity contribution < 1.29 is 9.53 Å². The van der Waals surface area contributed by atoms with Gasteiger partial charge in [0.2, 0.25) is 0 Å². The predicted molar refractivity (Wildman–Crippen MR) is 75.1 cm³/mol. The molecule has 0 unspecified atom stereocenters. The van der Waals surface area contributed by atoms with Crippen molar-refractivity contribution in [1.29, 1.82) is 0 Å². The van der Waals surface area contributed by atoms with Crippen molar-refractivity contribution in [1.82, 2.24) is 10.6 Å². The topological polar surface area (TPSA) is 50.4 Å². The summed E-state index contributed by atoms with van der Waals surface area (Å²) in [5, 5.41) is 5.53. The molecular weight excluding hydrogens is 240 g/mol. The molecule has 0 spiro atoms. The van der Waals surface area contributed by atoms with Gasteiger partial charge in [0.25, 0.3) is 0 Å². The van der Waals surface area contributed by atoms with Crippen LogP contribution in [0.1, 0.15) is 18.4 Å². The molecule has 0 saturated heterocycles. The van der Waals surface area contributed by atoms with Crippen molar-refractivity contribution in [3.05, 3.63) is 42.1 Å². The molecule has 1 aromatic carbocycles. The van der Waals surface area contributed by atoms with E-state index < -0.39 is 0 Å². The maximum absolute atomic E-state index is 11.5. The van der Waals surface area contributed by atoms with Gasteiger partial charge in [0.1, 0.15) is 5.75 Å². The second-order valence-corrected chi connectivity index (χ2v) is 4.66. The van der Waals surface area contributed by atoms with E-state index in [0.29, 0.717) is 12.5 Å². The Morgan fingerprint density at radius 3 is 2.95 bits per heavy atom. The third-order valence-electron chi connectivity index (χ3n) is 3.08. The number of amides is 2. The zero-order chi connectivity index (χ0) is 13.5. The molecule has 2 N–H and O–H groups in total. The second kappa shape index (κ2) is 6.83. The van der Waals surface area contributed by atoms with Crippen LogP contribution in [0.5, 0.6) is 5.75 Å². The molecule has 2 rings (SSSR count). The summed E-state index contributed by atoms with van der Waals surface area (Å²) >= 11 is 0. The molecule has 1 saturated carbocycles. The average Bonchev–Trinajstić information content (AvgIpc) is 3.23. The molecule has 2 amide bonds. The van der Waals surface area contributed by atoms with Crippen LogP contribution in [-0.4, -0.2) is 19.7 Å². The third-order valence-corrected chi connectivity index (χ3v) is 3.08. The summed E-state index contributed by atoms with van der Waals surface area (Å²) in [6.07, 6.45) is 7.01. The van der Waals surface area contributed by atoms with Gasteiger partial charge in [-0.3, -0.25) is 0 Å². The van der Waals surface area contributed by atoms with E-state index in [9.17, 15) is 4.79 Å². The monoisotopic (exact) mass is 260 g/mol. The van der Waals surface area contributed by atoms with Crippen LogP contribution in [-0.2, 0) is 6.42 Å². The quantitative estimate of drug-likeness (QED) is 0.825. The first-order chi connectivity index (χ1) is 9.29. The molecule has 0 radical (unpaired) electrons. The smallest absolute Gasteiger partial charge is 0.318 e. The van der Waals surface area contributed by atoms with Crippen LogP contribution >= 0.6 is 0 Å². The Hall–Kier alpha value is -1.97. The van der Waals surface area contributed by atoms with Gasteiger partial charge >= 0.3 is 6.03 Å². The van der Waals surface area contributed by atoms with Crippen molar-refractivity contribution in [3.8, 4) is 5.75 Å². The maximum Gasteiger partial charge on any atom is 0.318 e. The fraction of sp³-hybridized carbons (Fsp3) is 0.400. The lowest BCUT2D eigenvalue weighted by atomic mass is 10.1. The summed E-state index contributed by atoms with van der Waals surface area (Å²) in [5.41, 5.74) is 1.10. The van der Waals surface area contributed by atoms with Crippen molar-refractivity contribution in [3.63, 3.8) is 0 Å². The number of urea groups is 1. The fourth-order valence-electron chi connectivity index (χ4n) is 1.82. The van der Waals surface area contributed by atoms with Crippen LogP contribution in [0.15, 0.2) is 36.5 Å². The SMILES string of the molecule is COc1ccccc1CCNC(=O)N/C=C/C1CC1. The minimum absolute atomic E-state index is 0.160. The van der Waals surface area contributed by atoms with E-state index >= 15 is 0 Å². The van der Waals surface area contributed by atoms with Gasteiger partial charge in [-0.15, -0.1) is 0 Å². The predicted octanol–water partition coefficient (Wildman–Crippen LogP) is 2.46. The van der Waals surface area contributed by atoms with Crippen LogP contribution in [0.25, 0.3) is 0 Å². The number of allylic oxidation sites excluding steroid dienone is 1. The highest BCUT2D eigenvalue weighted by molar-refractivity contribution is 5.74. The second-order valence-electron chi connectivity index (χ2n) is 4.66. The number of nitrogens with one attached hydrogen (secondary N) is 2. The molecule has 4 heteroatoms. The Kier molecular flexibility index (Phi) is 4.84. The largest absolute Gasteiger partial charge is 0.496 e. The number of carbonyl (C=O) groups is 1. The Morgan fingerprint density at radius 1 is 1.42 bits per heavy atom. The molecule has 1 aliphatic rings. The maximum atomic E-state index is 11.5. The molecule has 19 heavy (non-hydrogen) atoms. The summed E-state index contributed by atoms with van der Waals surface area (Å²) < 4.78 is 5.26. The zero-order valence-electron chi connectivity index (χ0n) is 11.2.